The maximum absolute atomic E-state index is 12.6. The van der Waals surface area contributed by atoms with Gasteiger partial charge >= 0.3 is 0 Å². The van der Waals surface area contributed by atoms with E-state index in [9.17, 15) is 4.79 Å². The highest BCUT2D eigenvalue weighted by Gasteiger charge is 2.36. The van der Waals surface area contributed by atoms with Crippen LogP contribution in [0.4, 0.5) is 11.4 Å². The molecule has 0 saturated carbocycles. The van der Waals surface area contributed by atoms with Crippen LogP contribution >= 0.6 is 23.4 Å². The molecule has 1 amide bonds. The highest BCUT2D eigenvalue weighted by molar-refractivity contribution is 8.18. The van der Waals surface area contributed by atoms with Gasteiger partial charge in [0.2, 0.25) is 0 Å². The van der Waals surface area contributed by atoms with Gasteiger partial charge in [-0.15, -0.1) is 0 Å². The molecule has 1 atom stereocenters. The minimum absolute atomic E-state index is 0.0911. The van der Waals surface area contributed by atoms with Gasteiger partial charge in [-0.2, -0.15) is 0 Å². The van der Waals surface area contributed by atoms with Crippen molar-refractivity contribution in [3.05, 3.63) is 63.0 Å². The van der Waals surface area contributed by atoms with Crippen LogP contribution < -0.4 is 10.2 Å². The van der Waals surface area contributed by atoms with Crippen molar-refractivity contribution in [3.8, 4) is 0 Å². The lowest BCUT2D eigenvalue weighted by atomic mass is 9.79. The monoisotopic (exact) mass is 467 g/mol. The first-order valence-electron chi connectivity index (χ1n) is 11.2. The molecule has 1 fully saturated rings. The minimum atomic E-state index is -0.141. The summed E-state index contributed by atoms with van der Waals surface area (Å²) in [4.78, 5) is 20.3. The molecule has 0 aliphatic carbocycles. The highest BCUT2D eigenvalue weighted by atomic mass is 35.5. The van der Waals surface area contributed by atoms with Gasteiger partial charge in [0.1, 0.15) is 0 Å². The third-order valence-electron chi connectivity index (χ3n) is 6.23. The van der Waals surface area contributed by atoms with Crippen LogP contribution in [0.5, 0.6) is 0 Å². The molecule has 2 aromatic carbocycles. The Morgan fingerprint density at radius 2 is 2.06 bits per heavy atom. The van der Waals surface area contributed by atoms with Crippen molar-refractivity contribution in [2.24, 2.45) is 4.99 Å². The fraction of sp³-hybridized carbons (Fsp3) is 0.385. The number of hydrogen-bond donors (Lipinski definition) is 1. The molecule has 168 valence electrons. The zero-order valence-electron chi connectivity index (χ0n) is 19.3. The van der Waals surface area contributed by atoms with E-state index in [-0.39, 0.29) is 11.4 Å². The van der Waals surface area contributed by atoms with Crippen LogP contribution in [0.2, 0.25) is 5.02 Å². The Kier molecular flexibility index (Phi) is 6.42. The summed E-state index contributed by atoms with van der Waals surface area (Å²) < 4.78 is 0. The molecule has 6 heteroatoms. The summed E-state index contributed by atoms with van der Waals surface area (Å²) >= 11 is 8.09. The number of benzene rings is 2. The van der Waals surface area contributed by atoms with Crippen molar-refractivity contribution in [2.45, 2.75) is 58.9 Å². The Balaban J connectivity index is 1.67. The predicted octanol–water partition coefficient (Wildman–Crippen LogP) is 7.04. The first-order valence-corrected chi connectivity index (χ1v) is 12.4. The summed E-state index contributed by atoms with van der Waals surface area (Å²) in [5.74, 6) is 0.281. The third kappa shape index (κ3) is 4.46. The number of amides is 1. The number of fused-ring (bicyclic) bond motifs is 1. The standard InChI is InChI=1S/C26H30ClN3OS/c1-6-11-30-22-14-20(27)18(12-19(22)17(3)15-26(30,4)5)13-23-24(31)29-25(32-23)28-21-10-8-7-9-16(21)2/h7-10,12-14,17H,6,11,15H2,1-5H3,(H,28,29,31)/b23-13+. The van der Waals surface area contributed by atoms with Crippen molar-refractivity contribution in [2.75, 3.05) is 11.4 Å². The van der Waals surface area contributed by atoms with E-state index < -0.39 is 0 Å². The molecular formula is C26H30ClN3OS. The number of carbonyl (C=O) groups excluding carboxylic acids is 1. The van der Waals surface area contributed by atoms with Crippen molar-refractivity contribution < 1.29 is 4.79 Å². The number of para-hydroxylation sites is 1. The van der Waals surface area contributed by atoms with E-state index in [1.807, 2.05) is 37.3 Å². The Bertz CT molecular complexity index is 1120. The van der Waals surface area contributed by atoms with Crippen molar-refractivity contribution >= 4 is 51.9 Å². The molecule has 1 saturated heterocycles. The van der Waals surface area contributed by atoms with Crippen LogP contribution in [0.15, 0.2) is 46.3 Å². The van der Waals surface area contributed by atoms with Gasteiger partial charge in [-0.05, 0) is 92.3 Å². The fourth-order valence-corrected chi connectivity index (χ4v) is 5.74. The smallest absolute Gasteiger partial charge is 0.264 e. The van der Waals surface area contributed by atoms with Gasteiger partial charge < -0.3 is 10.2 Å². The van der Waals surface area contributed by atoms with Gasteiger partial charge in [-0.1, -0.05) is 43.6 Å². The lowest BCUT2D eigenvalue weighted by molar-refractivity contribution is -0.115. The zero-order valence-corrected chi connectivity index (χ0v) is 20.9. The van der Waals surface area contributed by atoms with E-state index >= 15 is 0 Å². The number of hydrogen-bond acceptors (Lipinski definition) is 4. The second-order valence-corrected chi connectivity index (χ2v) is 10.7. The summed E-state index contributed by atoms with van der Waals surface area (Å²) in [6, 6.07) is 12.1. The molecule has 2 heterocycles. The molecule has 0 aromatic heterocycles. The Hall–Kier alpha value is -2.24. The summed E-state index contributed by atoms with van der Waals surface area (Å²) in [6.45, 7) is 12.1. The summed E-state index contributed by atoms with van der Waals surface area (Å²) in [7, 11) is 0. The van der Waals surface area contributed by atoms with Gasteiger partial charge in [-0.3, -0.25) is 4.79 Å². The van der Waals surface area contributed by atoms with Crippen LogP contribution in [-0.2, 0) is 4.79 Å². The lowest BCUT2D eigenvalue weighted by Crippen LogP contribution is -2.48. The van der Waals surface area contributed by atoms with E-state index in [1.165, 1.54) is 23.0 Å². The van der Waals surface area contributed by atoms with Crippen LogP contribution in [0.1, 0.15) is 63.1 Å². The number of anilines is 1. The second kappa shape index (κ2) is 8.95. The lowest BCUT2D eigenvalue weighted by Gasteiger charge is -2.47. The molecule has 1 N–H and O–H groups in total. The SMILES string of the molecule is CCCN1c2cc(Cl)c(/C=C3/SC(=Nc4ccccc4C)NC3=O)cc2C(C)CC1(C)C. The number of nitrogens with zero attached hydrogens (tertiary/aromatic N) is 2. The molecule has 0 bridgehead atoms. The van der Waals surface area contributed by atoms with Crippen molar-refractivity contribution in [3.63, 3.8) is 0 Å². The van der Waals surface area contributed by atoms with Gasteiger partial charge in [0.05, 0.1) is 10.6 Å². The zero-order chi connectivity index (χ0) is 23.0. The summed E-state index contributed by atoms with van der Waals surface area (Å²) in [5, 5.41) is 4.14. The fourth-order valence-electron chi connectivity index (χ4n) is 4.70. The molecule has 4 rings (SSSR count). The van der Waals surface area contributed by atoms with Gasteiger partial charge in [-0.25, -0.2) is 4.99 Å². The molecule has 0 radical (unpaired) electrons. The molecule has 0 spiro atoms. The molecule has 2 aliphatic rings. The average molecular weight is 468 g/mol. The third-order valence-corrected chi connectivity index (χ3v) is 7.46. The average Bonchev–Trinajstić information content (AvgIpc) is 3.06. The predicted molar refractivity (Wildman–Crippen MR) is 138 cm³/mol. The maximum Gasteiger partial charge on any atom is 0.264 e. The Morgan fingerprint density at radius 3 is 2.78 bits per heavy atom. The topological polar surface area (TPSA) is 44.7 Å². The Labute approximate surface area is 200 Å². The van der Waals surface area contributed by atoms with Gasteiger partial charge in [0.25, 0.3) is 5.91 Å². The molecular weight excluding hydrogens is 438 g/mol. The van der Waals surface area contributed by atoms with Crippen LogP contribution in [0.3, 0.4) is 0 Å². The number of aliphatic imine (C=N–C) groups is 1. The highest BCUT2D eigenvalue weighted by Crippen LogP contribution is 2.45. The van der Waals surface area contributed by atoms with Crippen molar-refractivity contribution in [1.82, 2.24) is 5.32 Å². The number of halogens is 1. The molecule has 32 heavy (non-hydrogen) atoms. The van der Waals surface area contributed by atoms with E-state index in [1.54, 1.807) is 0 Å². The van der Waals surface area contributed by atoms with E-state index in [2.05, 4.69) is 55.0 Å². The summed E-state index contributed by atoms with van der Waals surface area (Å²) in [6.07, 6.45) is 4.06. The molecule has 4 nitrogen and oxygen atoms in total. The largest absolute Gasteiger partial charge is 0.366 e. The van der Waals surface area contributed by atoms with Gasteiger partial charge in [0.15, 0.2) is 5.17 Å². The van der Waals surface area contributed by atoms with Crippen molar-refractivity contribution in [1.29, 1.82) is 0 Å². The normalized spacial score (nSPS) is 22.4. The number of thioether (sulfide) groups is 1. The van der Waals surface area contributed by atoms with Crippen LogP contribution in [0, 0.1) is 6.92 Å². The summed E-state index contributed by atoms with van der Waals surface area (Å²) in [5.41, 5.74) is 5.41. The number of aryl methyl sites for hydroxylation is 1. The number of amidine groups is 1. The first-order chi connectivity index (χ1) is 15.2. The minimum Gasteiger partial charge on any atom is -0.366 e. The van der Waals surface area contributed by atoms with Gasteiger partial charge in [0, 0.05) is 22.8 Å². The maximum atomic E-state index is 12.6. The number of nitrogens with one attached hydrogen (secondary N) is 1. The van der Waals surface area contributed by atoms with E-state index in [0.29, 0.717) is 21.0 Å². The van der Waals surface area contributed by atoms with Crippen LogP contribution in [0.25, 0.3) is 6.08 Å². The van der Waals surface area contributed by atoms with Crippen LogP contribution in [-0.4, -0.2) is 23.2 Å². The van der Waals surface area contributed by atoms with E-state index in [0.717, 1.165) is 36.2 Å². The molecule has 2 aromatic rings. The first kappa shape index (κ1) is 22.9. The quantitative estimate of drug-likeness (QED) is 0.490. The number of rotatable bonds is 4. The number of carbonyl (C=O) groups is 1. The van der Waals surface area contributed by atoms with E-state index in [4.69, 9.17) is 11.6 Å². The molecule has 2 aliphatic heterocycles. The molecule has 1 unspecified atom stereocenters. The second-order valence-electron chi connectivity index (χ2n) is 9.27. The Morgan fingerprint density at radius 1 is 1.31 bits per heavy atom.